The summed E-state index contributed by atoms with van der Waals surface area (Å²) in [6.07, 6.45) is 5.12. The number of ketones is 4. The van der Waals surface area contributed by atoms with Gasteiger partial charge in [0.25, 0.3) is 0 Å². The first-order chi connectivity index (χ1) is 23.2. The average molecular weight is 666 g/mol. The SMILES string of the molecule is COc1cccc2c1C(=O)c1c(OC)cc(C=CO[P+](=O)OC=Cc3cc(OC)c4c(c3)C(=O)c3cccc(OC)c3C4=O)cc1C2=O. The van der Waals surface area contributed by atoms with Gasteiger partial charge in [0.2, 0.25) is 11.6 Å². The molecule has 2 aliphatic rings. The van der Waals surface area contributed by atoms with Crippen molar-refractivity contribution in [3.05, 3.63) is 129 Å². The Labute approximate surface area is 275 Å². The number of hydrogen-bond acceptors (Lipinski definition) is 11. The first-order valence-electron chi connectivity index (χ1n) is 14.3. The first-order valence-corrected chi connectivity index (χ1v) is 15.4. The maximum absolute atomic E-state index is 13.4. The lowest BCUT2D eigenvalue weighted by atomic mass is 9.82. The maximum Gasteiger partial charge on any atom is 0.804 e. The molecule has 6 rings (SSSR count). The molecule has 12 heteroatoms. The van der Waals surface area contributed by atoms with E-state index in [9.17, 15) is 23.7 Å². The predicted octanol–water partition coefficient (Wildman–Crippen LogP) is 6.60. The van der Waals surface area contributed by atoms with Gasteiger partial charge in [0.05, 0.1) is 50.7 Å². The van der Waals surface area contributed by atoms with Crippen LogP contribution in [0.1, 0.15) is 74.8 Å². The third-order valence-electron chi connectivity index (χ3n) is 7.88. The zero-order valence-corrected chi connectivity index (χ0v) is 26.9. The fraction of sp³-hybridized carbons (Fsp3) is 0.111. The Kier molecular flexibility index (Phi) is 8.63. The third-order valence-corrected chi connectivity index (χ3v) is 8.47. The van der Waals surface area contributed by atoms with E-state index in [0.717, 1.165) is 12.5 Å². The number of fused-ring (bicyclic) bond motifs is 4. The summed E-state index contributed by atoms with van der Waals surface area (Å²) >= 11 is 0. The second-order valence-corrected chi connectivity index (χ2v) is 11.3. The van der Waals surface area contributed by atoms with Gasteiger partial charge < -0.3 is 18.9 Å². The summed E-state index contributed by atoms with van der Waals surface area (Å²) in [5.74, 6) is -0.627. The van der Waals surface area contributed by atoms with Crippen LogP contribution in [0.3, 0.4) is 0 Å². The Balaban J connectivity index is 1.17. The summed E-state index contributed by atoms with van der Waals surface area (Å²) in [5.41, 5.74) is 2.18. The van der Waals surface area contributed by atoms with Gasteiger partial charge in [-0.2, -0.15) is 0 Å². The number of methoxy groups -OCH3 is 4. The summed E-state index contributed by atoms with van der Waals surface area (Å²) < 4.78 is 44.3. The molecule has 0 bridgehead atoms. The van der Waals surface area contributed by atoms with Gasteiger partial charge in [0.15, 0.2) is 24.1 Å². The molecule has 0 radical (unpaired) electrons. The first kappa shape index (κ1) is 31.9. The normalized spacial score (nSPS) is 13.5. The fourth-order valence-electron chi connectivity index (χ4n) is 5.75. The van der Waals surface area contributed by atoms with E-state index in [-0.39, 0.29) is 79.1 Å². The van der Waals surface area contributed by atoms with E-state index in [1.807, 2.05) is 0 Å². The highest BCUT2D eigenvalue weighted by molar-refractivity contribution is 7.33. The molecule has 0 heterocycles. The molecule has 4 aromatic rings. The van der Waals surface area contributed by atoms with Gasteiger partial charge in [0, 0.05) is 26.8 Å². The quantitative estimate of drug-likeness (QED) is 0.115. The number of carbonyl (C=O) groups excluding carboxylic acids is 4. The summed E-state index contributed by atoms with van der Waals surface area (Å²) in [6.45, 7) is 0. The minimum Gasteiger partial charge on any atom is -0.496 e. The minimum atomic E-state index is -2.68. The van der Waals surface area contributed by atoms with Crippen molar-refractivity contribution >= 4 is 43.5 Å². The molecule has 11 nitrogen and oxygen atoms in total. The zero-order valence-electron chi connectivity index (χ0n) is 26.0. The van der Waals surface area contributed by atoms with Crippen LogP contribution in [-0.4, -0.2) is 51.6 Å². The Morgan fingerprint density at radius 2 is 0.854 bits per heavy atom. The van der Waals surface area contributed by atoms with Crippen LogP contribution in [0.2, 0.25) is 0 Å². The predicted molar refractivity (Wildman–Crippen MR) is 174 cm³/mol. The van der Waals surface area contributed by atoms with E-state index in [0.29, 0.717) is 11.1 Å². The molecular formula is C36H26O11P+. The molecule has 0 aromatic heterocycles. The number of carbonyl (C=O) groups is 4. The molecule has 0 saturated heterocycles. The van der Waals surface area contributed by atoms with Crippen LogP contribution in [0.5, 0.6) is 23.0 Å². The molecule has 2 aliphatic carbocycles. The monoisotopic (exact) mass is 665 g/mol. The van der Waals surface area contributed by atoms with Crippen molar-refractivity contribution in [3.8, 4) is 23.0 Å². The highest BCUT2D eigenvalue weighted by Crippen LogP contribution is 2.40. The minimum absolute atomic E-state index is 0.117. The maximum atomic E-state index is 13.4. The molecule has 48 heavy (non-hydrogen) atoms. The van der Waals surface area contributed by atoms with Crippen LogP contribution in [-0.2, 0) is 13.6 Å². The smallest absolute Gasteiger partial charge is 0.496 e. The van der Waals surface area contributed by atoms with Crippen molar-refractivity contribution in [2.45, 2.75) is 0 Å². The Bertz CT molecular complexity index is 1980. The van der Waals surface area contributed by atoms with Crippen LogP contribution in [0, 0.1) is 0 Å². The van der Waals surface area contributed by atoms with E-state index >= 15 is 0 Å². The van der Waals surface area contributed by atoms with E-state index in [1.54, 1.807) is 48.5 Å². The summed E-state index contributed by atoms with van der Waals surface area (Å²) in [7, 11) is 2.93. The van der Waals surface area contributed by atoms with Crippen molar-refractivity contribution < 1.29 is 51.7 Å². The van der Waals surface area contributed by atoms with Crippen molar-refractivity contribution in [2.24, 2.45) is 0 Å². The van der Waals surface area contributed by atoms with Crippen LogP contribution in [0.25, 0.3) is 12.2 Å². The third kappa shape index (κ3) is 5.40. The highest BCUT2D eigenvalue weighted by atomic mass is 31.1. The lowest BCUT2D eigenvalue weighted by Crippen LogP contribution is -2.22. The van der Waals surface area contributed by atoms with Crippen molar-refractivity contribution in [3.63, 3.8) is 0 Å². The average Bonchev–Trinajstić information content (AvgIpc) is 3.11. The standard InChI is InChI=1S/C36H26O11P/c1-42-25-9-5-7-21-29(25)35(39)31-23(33(21)37)15-19(17-27(31)44-3)11-13-46-48(41)47-14-12-20-16-24-32(28(18-20)45-4)36(40)30-22(34(24)38)8-6-10-26(30)43-2/h5-18H,1-4H3/q+1. The molecule has 0 amide bonds. The molecule has 240 valence electrons. The molecule has 0 N–H and O–H groups in total. The summed E-state index contributed by atoms with van der Waals surface area (Å²) in [5, 5.41) is 0. The number of hydrogen-bond donors (Lipinski definition) is 0. The topological polar surface area (TPSA) is 141 Å². The van der Waals surface area contributed by atoms with E-state index in [1.165, 1.54) is 52.7 Å². The Morgan fingerprint density at radius 3 is 1.23 bits per heavy atom. The summed E-state index contributed by atoms with van der Waals surface area (Å²) in [4.78, 5) is 53.5. The molecule has 0 fully saturated rings. The Hall–Kier alpha value is -6.06. The van der Waals surface area contributed by atoms with Gasteiger partial charge in [0.1, 0.15) is 23.0 Å². The number of ether oxygens (including phenoxy) is 4. The second-order valence-electron chi connectivity index (χ2n) is 10.4. The number of rotatable bonds is 10. The van der Waals surface area contributed by atoms with Crippen LogP contribution >= 0.6 is 8.25 Å². The van der Waals surface area contributed by atoms with Gasteiger partial charge in [-0.3, -0.25) is 19.2 Å². The summed E-state index contributed by atoms with van der Waals surface area (Å²) in [6, 6.07) is 15.7. The largest absolute Gasteiger partial charge is 0.804 e. The molecule has 0 atom stereocenters. The van der Waals surface area contributed by atoms with Gasteiger partial charge in [-0.15, -0.1) is 0 Å². The lowest BCUT2D eigenvalue weighted by molar-refractivity contribution is 0.0974. The van der Waals surface area contributed by atoms with Crippen LogP contribution < -0.4 is 18.9 Å². The molecule has 0 aliphatic heterocycles. The molecular weight excluding hydrogens is 639 g/mol. The zero-order chi connectivity index (χ0) is 34.1. The lowest BCUT2D eigenvalue weighted by Gasteiger charge is -2.21. The molecule has 0 saturated carbocycles. The van der Waals surface area contributed by atoms with Crippen molar-refractivity contribution in [2.75, 3.05) is 28.4 Å². The van der Waals surface area contributed by atoms with E-state index < -0.39 is 19.8 Å². The molecule has 0 unspecified atom stereocenters. The van der Waals surface area contributed by atoms with Crippen LogP contribution in [0.4, 0.5) is 0 Å². The van der Waals surface area contributed by atoms with Crippen LogP contribution in [0.15, 0.2) is 73.2 Å². The number of benzene rings is 4. The second kappa shape index (κ2) is 13.0. The Morgan fingerprint density at radius 1 is 0.479 bits per heavy atom. The highest BCUT2D eigenvalue weighted by Gasteiger charge is 2.36. The molecule has 0 spiro atoms. The molecule has 4 aromatic carbocycles. The van der Waals surface area contributed by atoms with E-state index in [4.69, 9.17) is 28.0 Å². The van der Waals surface area contributed by atoms with Crippen molar-refractivity contribution in [1.82, 2.24) is 0 Å². The van der Waals surface area contributed by atoms with E-state index in [2.05, 4.69) is 0 Å². The van der Waals surface area contributed by atoms with Gasteiger partial charge in [-0.05, 0) is 59.7 Å². The van der Waals surface area contributed by atoms with Crippen molar-refractivity contribution in [1.29, 1.82) is 0 Å². The van der Waals surface area contributed by atoms with Gasteiger partial charge in [-0.25, -0.2) is 9.05 Å². The van der Waals surface area contributed by atoms with Gasteiger partial charge >= 0.3 is 8.25 Å². The fourth-order valence-corrected chi connectivity index (χ4v) is 6.12. The van der Waals surface area contributed by atoms with Gasteiger partial charge in [-0.1, -0.05) is 24.3 Å².